The molecular formula is C11H13BrF3NOS. The summed E-state index contributed by atoms with van der Waals surface area (Å²) in [5.41, 5.74) is 2.31. The second kappa shape index (κ2) is 6.68. The van der Waals surface area contributed by atoms with Crippen molar-refractivity contribution in [3.8, 4) is 5.75 Å². The summed E-state index contributed by atoms with van der Waals surface area (Å²) in [6, 6.07) is 5.08. The van der Waals surface area contributed by atoms with Gasteiger partial charge in [-0.3, -0.25) is 0 Å². The van der Waals surface area contributed by atoms with Crippen molar-refractivity contribution in [2.24, 2.45) is 5.73 Å². The van der Waals surface area contributed by atoms with Crippen LogP contribution in [0, 0.1) is 0 Å². The Kier molecular flexibility index (Phi) is 5.81. The number of benzene rings is 1. The van der Waals surface area contributed by atoms with E-state index in [-0.39, 0.29) is 30.2 Å². The largest absolute Gasteiger partial charge is 0.492 e. The molecule has 1 atom stereocenters. The van der Waals surface area contributed by atoms with Gasteiger partial charge in [0, 0.05) is 21.8 Å². The van der Waals surface area contributed by atoms with Gasteiger partial charge in [0.25, 0.3) is 0 Å². The maximum Gasteiger partial charge on any atom is 0.441 e. The number of rotatable bonds is 5. The molecule has 0 aliphatic heterocycles. The molecule has 102 valence electrons. The molecule has 1 rings (SSSR count). The Morgan fingerprint density at radius 3 is 2.67 bits per heavy atom. The minimum Gasteiger partial charge on any atom is -0.492 e. The van der Waals surface area contributed by atoms with Gasteiger partial charge in [-0.2, -0.15) is 13.2 Å². The number of halogens is 4. The predicted molar refractivity (Wildman–Crippen MR) is 70.8 cm³/mol. The van der Waals surface area contributed by atoms with Crippen molar-refractivity contribution in [2.45, 2.75) is 18.5 Å². The van der Waals surface area contributed by atoms with Crippen LogP contribution in [0.3, 0.4) is 0 Å². The second-order valence-electron chi connectivity index (χ2n) is 3.61. The summed E-state index contributed by atoms with van der Waals surface area (Å²) in [7, 11) is 0. The van der Waals surface area contributed by atoms with Gasteiger partial charge in [0.05, 0.1) is 6.61 Å². The monoisotopic (exact) mass is 343 g/mol. The third kappa shape index (κ3) is 5.49. The molecule has 0 amide bonds. The quantitative estimate of drug-likeness (QED) is 0.817. The second-order valence-corrected chi connectivity index (χ2v) is 5.69. The van der Waals surface area contributed by atoms with Crippen LogP contribution in [0.4, 0.5) is 13.2 Å². The molecule has 0 spiro atoms. The minimum atomic E-state index is -4.22. The molecule has 0 bridgehead atoms. The zero-order chi connectivity index (χ0) is 13.8. The van der Waals surface area contributed by atoms with Gasteiger partial charge in [0.2, 0.25) is 0 Å². The number of ether oxygens (including phenoxy) is 1. The van der Waals surface area contributed by atoms with Crippen LogP contribution in [0.1, 0.15) is 18.5 Å². The summed E-state index contributed by atoms with van der Waals surface area (Å²) in [6.07, 6.45) is 0. The highest BCUT2D eigenvalue weighted by Crippen LogP contribution is 2.31. The third-order valence-corrected chi connectivity index (χ3v) is 3.26. The first-order valence-electron chi connectivity index (χ1n) is 5.18. The normalized spacial score (nSPS) is 13.4. The first-order valence-corrected chi connectivity index (χ1v) is 6.96. The number of thioether (sulfide) groups is 1. The van der Waals surface area contributed by atoms with Gasteiger partial charge < -0.3 is 10.5 Å². The van der Waals surface area contributed by atoms with E-state index in [4.69, 9.17) is 10.5 Å². The molecule has 0 aliphatic carbocycles. The Morgan fingerprint density at radius 2 is 2.11 bits per heavy atom. The van der Waals surface area contributed by atoms with Crippen molar-refractivity contribution in [1.82, 2.24) is 0 Å². The van der Waals surface area contributed by atoms with Crippen LogP contribution in [0.5, 0.6) is 5.75 Å². The topological polar surface area (TPSA) is 35.2 Å². The lowest BCUT2D eigenvalue weighted by molar-refractivity contribution is -0.0329. The molecule has 1 aromatic rings. The first kappa shape index (κ1) is 15.7. The first-order chi connectivity index (χ1) is 8.29. The number of nitrogens with two attached hydrogens (primary N) is 1. The SMILES string of the molecule is C[C@@H](N)c1ccc(Br)cc1OCCSC(F)(F)F. The van der Waals surface area contributed by atoms with E-state index in [0.29, 0.717) is 5.75 Å². The maximum atomic E-state index is 11.9. The van der Waals surface area contributed by atoms with E-state index in [2.05, 4.69) is 15.9 Å². The molecule has 18 heavy (non-hydrogen) atoms. The molecule has 7 heteroatoms. The van der Waals surface area contributed by atoms with Crippen molar-refractivity contribution >= 4 is 27.7 Å². The van der Waals surface area contributed by atoms with E-state index in [9.17, 15) is 13.2 Å². The number of alkyl halides is 3. The summed E-state index contributed by atoms with van der Waals surface area (Å²) in [5.74, 6) is 0.371. The zero-order valence-corrected chi connectivity index (χ0v) is 12.0. The molecule has 2 nitrogen and oxygen atoms in total. The van der Waals surface area contributed by atoms with Crippen molar-refractivity contribution in [3.05, 3.63) is 28.2 Å². The molecule has 0 radical (unpaired) electrons. The number of hydrogen-bond donors (Lipinski definition) is 1. The van der Waals surface area contributed by atoms with Gasteiger partial charge in [-0.15, -0.1) is 0 Å². The molecule has 0 aliphatic rings. The molecule has 0 saturated heterocycles. The van der Waals surface area contributed by atoms with Crippen molar-refractivity contribution in [3.63, 3.8) is 0 Å². The van der Waals surface area contributed by atoms with Gasteiger partial charge in [-0.05, 0) is 30.8 Å². The van der Waals surface area contributed by atoms with Crippen LogP contribution in [-0.2, 0) is 0 Å². The van der Waals surface area contributed by atoms with Gasteiger partial charge >= 0.3 is 5.51 Å². The molecule has 0 heterocycles. The highest BCUT2D eigenvalue weighted by atomic mass is 79.9. The average Bonchev–Trinajstić information content (AvgIpc) is 2.22. The van der Waals surface area contributed by atoms with E-state index >= 15 is 0 Å². The molecule has 2 N–H and O–H groups in total. The minimum absolute atomic E-state index is 0.0135. The molecule has 0 aromatic heterocycles. The van der Waals surface area contributed by atoms with Gasteiger partial charge in [-0.1, -0.05) is 22.0 Å². The summed E-state index contributed by atoms with van der Waals surface area (Å²) in [6.45, 7) is 1.78. The van der Waals surface area contributed by atoms with Crippen LogP contribution in [0.2, 0.25) is 0 Å². The van der Waals surface area contributed by atoms with Crippen molar-refractivity contribution in [1.29, 1.82) is 0 Å². The summed E-state index contributed by atoms with van der Waals surface area (Å²) >= 11 is 3.18. The molecular weight excluding hydrogens is 331 g/mol. The summed E-state index contributed by atoms with van der Waals surface area (Å²) in [4.78, 5) is 0. The lowest BCUT2D eigenvalue weighted by Gasteiger charge is -2.14. The highest BCUT2D eigenvalue weighted by molar-refractivity contribution is 9.10. The van der Waals surface area contributed by atoms with Gasteiger partial charge in [0.15, 0.2) is 0 Å². The Labute approximate surface area is 116 Å². The Bertz CT molecular complexity index is 398. The van der Waals surface area contributed by atoms with Crippen LogP contribution in [0.25, 0.3) is 0 Å². The highest BCUT2D eigenvalue weighted by Gasteiger charge is 2.27. The van der Waals surface area contributed by atoms with E-state index in [1.807, 2.05) is 6.07 Å². The van der Waals surface area contributed by atoms with Crippen LogP contribution in [-0.4, -0.2) is 17.9 Å². The third-order valence-electron chi connectivity index (χ3n) is 2.07. The lowest BCUT2D eigenvalue weighted by atomic mass is 10.1. The molecule has 0 unspecified atom stereocenters. The van der Waals surface area contributed by atoms with Crippen LogP contribution >= 0.6 is 27.7 Å². The summed E-state index contributed by atoms with van der Waals surface area (Å²) < 4.78 is 41.9. The van der Waals surface area contributed by atoms with Gasteiger partial charge in [-0.25, -0.2) is 0 Å². The predicted octanol–water partition coefficient (Wildman–Crippen LogP) is 4.10. The zero-order valence-electron chi connectivity index (χ0n) is 9.63. The van der Waals surface area contributed by atoms with E-state index < -0.39 is 5.51 Å². The van der Waals surface area contributed by atoms with E-state index in [1.165, 1.54) is 0 Å². The van der Waals surface area contributed by atoms with Crippen LogP contribution < -0.4 is 10.5 Å². The van der Waals surface area contributed by atoms with Crippen molar-refractivity contribution < 1.29 is 17.9 Å². The molecule has 1 aromatic carbocycles. The van der Waals surface area contributed by atoms with Crippen molar-refractivity contribution in [2.75, 3.05) is 12.4 Å². The molecule has 0 fully saturated rings. The Morgan fingerprint density at radius 1 is 1.44 bits per heavy atom. The van der Waals surface area contributed by atoms with Gasteiger partial charge in [0.1, 0.15) is 5.75 Å². The fourth-order valence-corrected chi connectivity index (χ4v) is 2.06. The Balaban J connectivity index is 2.58. The maximum absolute atomic E-state index is 11.9. The van der Waals surface area contributed by atoms with Crippen LogP contribution in [0.15, 0.2) is 22.7 Å². The fraction of sp³-hybridized carbons (Fsp3) is 0.455. The smallest absolute Gasteiger partial charge is 0.441 e. The number of hydrogen-bond acceptors (Lipinski definition) is 3. The average molecular weight is 344 g/mol. The fourth-order valence-electron chi connectivity index (χ4n) is 1.32. The molecule has 0 saturated carbocycles. The lowest BCUT2D eigenvalue weighted by Crippen LogP contribution is -2.11. The Hall–Kier alpha value is -0.400. The standard InChI is InChI=1S/C11H13BrF3NOS/c1-7(16)9-3-2-8(12)6-10(9)17-4-5-18-11(13,14)15/h2-3,6-7H,4-5,16H2,1H3/t7-/m1/s1. The summed E-state index contributed by atoms with van der Waals surface area (Å²) in [5, 5.41) is 0. The van der Waals surface area contributed by atoms with E-state index in [0.717, 1.165) is 10.0 Å². The van der Waals surface area contributed by atoms with E-state index in [1.54, 1.807) is 19.1 Å².